The van der Waals surface area contributed by atoms with E-state index in [1.165, 1.54) is 0 Å². The average molecular weight is 225 g/mol. The zero-order valence-corrected chi connectivity index (χ0v) is 8.67. The van der Waals surface area contributed by atoms with E-state index in [1.807, 2.05) is 0 Å². The fraction of sp³-hybridized carbons (Fsp3) is 0.300. The Bertz CT molecular complexity index is 416. The first kappa shape index (κ1) is 12.0. The number of hydrogen-bond acceptors (Lipinski definition) is 5. The van der Waals surface area contributed by atoms with Gasteiger partial charge in [-0.15, -0.1) is 0 Å². The molecule has 6 heteroatoms. The van der Waals surface area contributed by atoms with Crippen molar-refractivity contribution in [3.8, 4) is 11.5 Å². The Balaban J connectivity index is 2.90. The van der Waals surface area contributed by atoms with E-state index in [4.69, 9.17) is 4.74 Å². The summed E-state index contributed by atoms with van der Waals surface area (Å²) in [4.78, 5) is 21.0. The topological polar surface area (TPSA) is 89.7 Å². The van der Waals surface area contributed by atoms with E-state index in [1.54, 1.807) is 6.92 Å². The molecule has 0 atom stereocenters. The number of nitro groups is 1. The summed E-state index contributed by atoms with van der Waals surface area (Å²) in [7, 11) is 0. The van der Waals surface area contributed by atoms with E-state index in [-0.39, 0.29) is 23.6 Å². The lowest BCUT2D eigenvalue weighted by Gasteiger charge is -2.04. The summed E-state index contributed by atoms with van der Waals surface area (Å²) < 4.78 is 4.78. The minimum absolute atomic E-state index is 0.187. The summed E-state index contributed by atoms with van der Waals surface area (Å²) in [5.74, 6) is -1.01. The molecule has 0 aromatic heterocycles. The molecule has 0 heterocycles. The maximum absolute atomic E-state index is 11.1. The predicted molar refractivity (Wildman–Crippen MR) is 55.3 cm³/mol. The van der Waals surface area contributed by atoms with Crippen molar-refractivity contribution in [1.29, 1.82) is 0 Å². The highest BCUT2D eigenvalue weighted by Gasteiger charge is 2.13. The Morgan fingerprint density at radius 2 is 2.25 bits per heavy atom. The Morgan fingerprint density at radius 3 is 2.81 bits per heavy atom. The number of nitro benzene ring substituents is 1. The molecule has 6 nitrogen and oxygen atoms in total. The van der Waals surface area contributed by atoms with Crippen molar-refractivity contribution in [2.24, 2.45) is 0 Å². The second kappa shape index (κ2) is 5.11. The molecule has 0 bridgehead atoms. The number of phenols is 1. The van der Waals surface area contributed by atoms with Crippen LogP contribution in [0.15, 0.2) is 18.2 Å². The highest BCUT2D eigenvalue weighted by atomic mass is 16.6. The summed E-state index contributed by atoms with van der Waals surface area (Å²) >= 11 is 0. The van der Waals surface area contributed by atoms with Crippen LogP contribution < -0.4 is 4.74 Å². The molecular weight excluding hydrogens is 214 g/mol. The first-order chi connectivity index (χ1) is 7.54. The van der Waals surface area contributed by atoms with Crippen molar-refractivity contribution < 1.29 is 19.6 Å². The van der Waals surface area contributed by atoms with Gasteiger partial charge >= 0.3 is 5.97 Å². The standard InChI is InChI=1S/C10H11NO5/c1-2-3-10(13)16-9-6-7(11(14)15)4-5-8(9)12/h4-6,12H,2-3H2,1H3. The molecule has 1 aromatic carbocycles. The average Bonchev–Trinajstić information content (AvgIpc) is 2.21. The summed E-state index contributed by atoms with van der Waals surface area (Å²) in [6.45, 7) is 1.80. The van der Waals surface area contributed by atoms with Gasteiger partial charge in [0.05, 0.1) is 11.0 Å². The van der Waals surface area contributed by atoms with Crippen LogP contribution in [0.1, 0.15) is 19.8 Å². The van der Waals surface area contributed by atoms with Crippen LogP contribution in [-0.2, 0) is 4.79 Å². The zero-order valence-electron chi connectivity index (χ0n) is 8.67. The number of ether oxygens (including phenoxy) is 1. The highest BCUT2D eigenvalue weighted by molar-refractivity contribution is 5.73. The molecule has 0 radical (unpaired) electrons. The fourth-order valence-electron chi connectivity index (χ4n) is 1.08. The van der Waals surface area contributed by atoms with Gasteiger partial charge in [0, 0.05) is 12.5 Å². The number of carbonyl (C=O) groups is 1. The molecule has 0 unspecified atom stereocenters. The van der Waals surface area contributed by atoms with Crippen molar-refractivity contribution in [2.45, 2.75) is 19.8 Å². The van der Waals surface area contributed by atoms with Gasteiger partial charge in [-0.1, -0.05) is 6.92 Å². The quantitative estimate of drug-likeness (QED) is 0.366. The Morgan fingerprint density at radius 1 is 1.56 bits per heavy atom. The van der Waals surface area contributed by atoms with Gasteiger partial charge in [-0.2, -0.15) is 0 Å². The summed E-state index contributed by atoms with van der Waals surface area (Å²) in [5, 5.41) is 19.8. The molecule has 1 N–H and O–H groups in total. The third-order valence-electron chi connectivity index (χ3n) is 1.83. The Hall–Kier alpha value is -2.11. The number of benzene rings is 1. The lowest BCUT2D eigenvalue weighted by Crippen LogP contribution is -2.07. The van der Waals surface area contributed by atoms with Crippen molar-refractivity contribution >= 4 is 11.7 Å². The van der Waals surface area contributed by atoms with Crippen LogP contribution in [-0.4, -0.2) is 16.0 Å². The van der Waals surface area contributed by atoms with Crippen molar-refractivity contribution in [3.05, 3.63) is 28.3 Å². The highest BCUT2D eigenvalue weighted by Crippen LogP contribution is 2.30. The van der Waals surface area contributed by atoms with Gasteiger partial charge in [0.15, 0.2) is 11.5 Å². The normalized spacial score (nSPS) is 9.81. The van der Waals surface area contributed by atoms with E-state index in [2.05, 4.69) is 0 Å². The number of nitrogens with zero attached hydrogens (tertiary/aromatic N) is 1. The number of rotatable bonds is 4. The van der Waals surface area contributed by atoms with Gasteiger partial charge in [0.25, 0.3) is 5.69 Å². The number of aromatic hydroxyl groups is 1. The maximum Gasteiger partial charge on any atom is 0.311 e. The van der Waals surface area contributed by atoms with Crippen LogP contribution in [0, 0.1) is 10.1 Å². The van der Waals surface area contributed by atoms with Crippen molar-refractivity contribution in [1.82, 2.24) is 0 Å². The zero-order chi connectivity index (χ0) is 12.1. The SMILES string of the molecule is CCCC(=O)Oc1cc([N+](=O)[O-])ccc1O. The van der Waals surface area contributed by atoms with Crippen LogP contribution in [0.2, 0.25) is 0 Å². The second-order valence-corrected chi connectivity index (χ2v) is 3.13. The third kappa shape index (κ3) is 2.94. The monoisotopic (exact) mass is 225 g/mol. The van der Waals surface area contributed by atoms with E-state index >= 15 is 0 Å². The Labute approximate surface area is 91.6 Å². The minimum Gasteiger partial charge on any atom is -0.504 e. The maximum atomic E-state index is 11.1. The molecule has 0 saturated carbocycles. The van der Waals surface area contributed by atoms with Crippen LogP contribution in [0.4, 0.5) is 5.69 Å². The van der Waals surface area contributed by atoms with Gasteiger partial charge in [-0.3, -0.25) is 14.9 Å². The summed E-state index contributed by atoms with van der Waals surface area (Å²) in [5.41, 5.74) is -0.239. The number of carbonyl (C=O) groups excluding carboxylic acids is 1. The lowest BCUT2D eigenvalue weighted by molar-refractivity contribution is -0.384. The molecule has 0 amide bonds. The van der Waals surface area contributed by atoms with E-state index < -0.39 is 10.9 Å². The molecular formula is C10H11NO5. The molecule has 0 aliphatic carbocycles. The van der Waals surface area contributed by atoms with Crippen LogP contribution in [0.3, 0.4) is 0 Å². The first-order valence-corrected chi connectivity index (χ1v) is 4.72. The van der Waals surface area contributed by atoms with Crippen LogP contribution >= 0.6 is 0 Å². The second-order valence-electron chi connectivity index (χ2n) is 3.13. The van der Waals surface area contributed by atoms with Crippen LogP contribution in [0.25, 0.3) is 0 Å². The lowest BCUT2D eigenvalue weighted by atomic mass is 10.3. The first-order valence-electron chi connectivity index (χ1n) is 4.72. The Kier molecular flexibility index (Phi) is 3.82. The van der Waals surface area contributed by atoms with Crippen molar-refractivity contribution in [2.75, 3.05) is 0 Å². The molecule has 0 aliphatic rings. The largest absolute Gasteiger partial charge is 0.504 e. The molecule has 0 saturated heterocycles. The van der Waals surface area contributed by atoms with Crippen LogP contribution in [0.5, 0.6) is 11.5 Å². The molecule has 1 aromatic rings. The molecule has 0 aliphatic heterocycles. The van der Waals surface area contributed by atoms with Gasteiger partial charge < -0.3 is 9.84 Å². The fourth-order valence-corrected chi connectivity index (χ4v) is 1.08. The molecule has 86 valence electrons. The number of phenolic OH excluding ortho intramolecular Hbond substituents is 1. The van der Waals surface area contributed by atoms with Gasteiger partial charge in [0.1, 0.15) is 0 Å². The van der Waals surface area contributed by atoms with E-state index in [0.29, 0.717) is 6.42 Å². The molecule has 16 heavy (non-hydrogen) atoms. The van der Waals surface area contributed by atoms with E-state index in [9.17, 15) is 20.0 Å². The van der Waals surface area contributed by atoms with Gasteiger partial charge in [-0.25, -0.2) is 0 Å². The molecule has 1 rings (SSSR count). The van der Waals surface area contributed by atoms with Gasteiger partial charge in [0.2, 0.25) is 0 Å². The number of non-ortho nitro benzene ring substituents is 1. The number of hydrogen-bond donors (Lipinski definition) is 1. The molecule has 0 spiro atoms. The minimum atomic E-state index is -0.628. The summed E-state index contributed by atoms with van der Waals surface area (Å²) in [6, 6.07) is 3.27. The predicted octanol–water partition coefficient (Wildman–Crippen LogP) is 2.01. The third-order valence-corrected chi connectivity index (χ3v) is 1.83. The smallest absolute Gasteiger partial charge is 0.311 e. The summed E-state index contributed by atoms with van der Waals surface area (Å²) in [6.07, 6.45) is 0.802. The molecule has 0 fully saturated rings. The van der Waals surface area contributed by atoms with Gasteiger partial charge in [-0.05, 0) is 12.5 Å². The van der Waals surface area contributed by atoms with E-state index in [0.717, 1.165) is 18.2 Å². The number of esters is 1. The van der Waals surface area contributed by atoms with Crippen molar-refractivity contribution in [3.63, 3.8) is 0 Å².